The van der Waals surface area contributed by atoms with E-state index in [-0.39, 0.29) is 0 Å². The summed E-state index contributed by atoms with van der Waals surface area (Å²) in [6.07, 6.45) is 6.00. The van der Waals surface area contributed by atoms with Crippen LogP contribution < -0.4 is 15.8 Å². The van der Waals surface area contributed by atoms with Crippen LogP contribution in [0.2, 0.25) is 0 Å². The number of nitrogens with two attached hydrogens (primary N) is 1. The molecular weight excluding hydrogens is 250 g/mol. The first-order valence-corrected chi connectivity index (χ1v) is 7.49. The van der Waals surface area contributed by atoms with E-state index in [2.05, 4.69) is 22.4 Å². The van der Waals surface area contributed by atoms with Gasteiger partial charge in [0.25, 0.3) is 0 Å². The normalized spacial score (nSPS) is 22.2. The molecule has 0 amide bonds. The maximum atomic E-state index is 5.92. The number of aryl methyl sites for hydroxylation is 1. The Morgan fingerprint density at radius 1 is 1.40 bits per heavy atom. The quantitative estimate of drug-likeness (QED) is 0.653. The first-order valence-electron chi connectivity index (χ1n) is 7.49. The van der Waals surface area contributed by atoms with Crippen LogP contribution in [0.15, 0.2) is 23.2 Å². The number of guanidine groups is 1. The summed E-state index contributed by atoms with van der Waals surface area (Å²) >= 11 is 0. The molecule has 4 nitrogen and oxygen atoms in total. The number of benzene rings is 1. The Morgan fingerprint density at radius 3 is 3.00 bits per heavy atom. The number of aliphatic imine (C=N–C) groups is 1. The van der Waals surface area contributed by atoms with Crippen molar-refractivity contribution in [3.63, 3.8) is 0 Å². The third kappa shape index (κ3) is 3.06. The van der Waals surface area contributed by atoms with Gasteiger partial charge in [-0.2, -0.15) is 0 Å². The summed E-state index contributed by atoms with van der Waals surface area (Å²) in [4.78, 5) is 4.52. The molecule has 0 heterocycles. The van der Waals surface area contributed by atoms with E-state index in [1.807, 2.05) is 6.07 Å². The Bertz CT molecular complexity index is 508. The van der Waals surface area contributed by atoms with Crippen LogP contribution in [0.25, 0.3) is 0 Å². The van der Waals surface area contributed by atoms with Gasteiger partial charge in [-0.3, -0.25) is 4.99 Å². The molecule has 20 heavy (non-hydrogen) atoms. The number of nitrogens with zero attached hydrogens (tertiary/aromatic N) is 1. The predicted octanol–water partition coefficient (Wildman–Crippen LogP) is 2.18. The molecule has 1 aromatic carbocycles. The number of fused-ring (bicyclic) bond motifs is 1. The molecule has 0 bridgehead atoms. The van der Waals surface area contributed by atoms with Gasteiger partial charge in [0, 0.05) is 18.5 Å². The van der Waals surface area contributed by atoms with E-state index < -0.39 is 0 Å². The SMILES string of the molecule is COc1ccc2c(c1)CCCC2CN=C(N)NC1CC1. The minimum Gasteiger partial charge on any atom is -0.497 e. The fourth-order valence-corrected chi connectivity index (χ4v) is 2.90. The summed E-state index contributed by atoms with van der Waals surface area (Å²) in [5, 5.41) is 3.24. The Labute approximate surface area is 120 Å². The number of rotatable bonds is 4. The maximum absolute atomic E-state index is 5.92. The molecule has 0 saturated heterocycles. The van der Waals surface area contributed by atoms with Gasteiger partial charge in [0.2, 0.25) is 0 Å². The fraction of sp³-hybridized carbons (Fsp3) is 0.562. The summed E-state index contributed by atoms with van der Waals surface area (Å²) in [6, 6.07) is 6.98. The highest BCUT2D eigenvalue weighted by molar-refractivity contribution is 5.78. The van der Waals surface area contributed by atoms with E-state index in [4.69, 9.17) is 10.5 Å². The lowest BCUT2D eigenvalue weighted by molar-refractivity contribution is 0.413. The second-order valence-electron chi connectivity index (χ2n) is 5.80. The van der Waals surface area contributed by atoms with Gasteiger partial charge < -0.3 is 15.8 Å². The number of methoxy groups -OCH3 is 1. The van der Waals surface area contributed by atoms with Crippen LogP contribution >= 0.6 is 0 Å². The molecule has 2 aliphatic rings. The molecule has 2 aliphatic carbocycles. The molecular formula is C16H23N3O. The van der Waals surface area contributed by atoms with Crippen molar-refractivity contribution in [3.05, 3.63) is 29.3 Å². The van der Waals surface area contributed by atoms with Crippen LogP contribution in [0.1, 0.15) is 42.7 Å². The van der Waals surface area contributed by atoms with Gasteiger partial charge >= 0.3 is 0 Å². The van der Waals surface area contributed by atoms with Crippen molar-refractivity contribution in [3.8, 4) is 5.75 Å². The molecule has 1 unspecified atom stereocenters. The zero-order valence-corrected chi connectivity index (χ0v) is 12.1. The Balaban J connectivity index is 1.69. The average molecular weight is 273 g/mol. The zero-order valence-electron chi connectivity index (χ0n) is 12.1. The van der Waals surface area contributed by atoms with Crippen molar-refractivity contribution >= 4 is 5.96 Å². The molecule has 1 aromatic rings. The highest BCUT2D eigenvalue weighted by Crippen LogP contribution is 2.33. The van der Waals surface area contributed by atoms with Gasteiger partial charge in [0.05, 0.1) is 7.11 Å². The Hall–Kier alpha value is -1.71. The minimum absolute atomic E-state index is 0.490. The van der Waals surface area contributed by atoms with Crippen molar-refractivity contribution in [1.29, 1.82) is 0 Å². The van der Waals surface area contributed by atoms with Crippen molar-refractivity contribution < 1.29 is 4.74 Å². The smallest absolute Gasteiger partial charge is 0.188 e. The minimum atomic E-state index is 0.490. The van der Waals surface area contributed by atoms with E-state index in [0.29, 0.717) is 17.9 Å². The third-order valence-corrected chi connectivity index (χ3v) is 4.20. The van der Waals surface area contributed by atoms with Crippen molar-refractivity contribution in [1.82, 2.24) is 5.32 Å². The summed E-state index contributed by atoms with van der Waals surface area (Å²) in [6.45, 7) is 0.783. The average Bonchev–Trinajstić information content (AvgIpc) is 3.28. The molecule has 3 N–H and O–H groups in total. The molecule has 1 saturated carbocycles. The van der Waals surface area contributed by atoms with Gasteiger partial charge in [0.15, 0.2) is 5.96 Å². The lowest BCUT2D eigenvalue weighted by Gasteiger charge is -2.24. The Kier molecular flexibility index (Phi) is 3.81. The van der Waals surface area contributed by atoms with E-state index in [1.54, 1.807) is 7.11 Å². The maximum Gasteiger partial charge on any atom is 0.188 e. The topological polar surface area (TPSA) is 59.6 Å². The molecule has 108 valence electrons. The van der Waals surface area contributed by atoms with E-state index in [9.17, 15) is 0 Å². The highest BCUT2D eigenvalue weighted by atomic mass is 16.5. The van der Waals surface area contributed by atoms with Gasteiger partial charge in [0.1, 0.15) is 5.75 Å². The summed E-state index contributed by atoms with van der Waals surface area (Å²) < 4.78 is 5.31. The molecule has 3 rings (SSSR count). The zero-order chi connectivity index (χ0) is 13.9. The monoisotopic (exact) mass is 273 g/mol. The van der Waals surface area contributed by atoms with Crippen LogP contribution in [0.3, 0.4) is 0 Å². The molecule has 1 atom stereocenters. The molecule has 0 aromatic heterocycles. The largest absolute Gasteiger partial charge is 0.497 e. The van der Waals surface area contributed by atoms with E-state index in [0.717, 1.165) is 18.7 Å². The number of nitrogens with one attached hydrogen (secondary N) is 1. The van der Waals surface area contributed by atoms with Crippen LogP contribution in [-0.2, 0) is 6.42 Å². The highest BCUT2D eigenvalue weighted by Gasteiger charge is 2.23. The van der Waals surface area contributed by atoms with Crippen LogP contribution in [0, 0.1) is 0 Å². The van der Waals surface area contributed by atoms with Gasteiger partial charge in [-0.05, 0) is 55.4 Å². The van der Waals surface area contributed by atoms with Gasteiger partial charge in [-0.25, -0.2) is 0 Å². The molecule has 0 spiro atoms. The van der Waals surface area contributed by atoms with Crippen LogP contribution in [0.4, 0.5) is 0 Å². The predicted molar refractivity (Wildman–Crippen MR) is 81.3 cm³/mol. The van der Waals surface area contributed by atoms with E-state index in [1.165, 1.54) is 36.8 Å². The molecule has 0 aliphatic heterocycles. The van der Waals surface area contributed by atoms with Gasteiger partial charge in [-0.15, -0.1) is 0 Å². The fourth-order valence-electron chi connectivity index (χ4n) is 2.90. The summed E-state index contributed by atoms with van der Waals surface area (Å²) in [5.41, 5.74) is 8.74. The summed E-state index contributed by atoms with van der Waals surface area (Å²) in [7, 11) is 1.72. The number of hydrogen-bond acceptors (Lipinski definition) is 2. The third-order valence-electron chi connectivity index (χ3n) is 4.20. The first-order chi connectivity index (χ1) is 9.76. The van der Waals surface area contributed by atoms with E-state index >= 15 is 0 Å². The lowest BCUT2D eigenvalue weighted by Crippen LogP contribution is -2.33. The number of ether oxygens (including phenoxy) is 1. The molecule has 0 radical (unpaired) electrons. The second kappa shape index (κ2) is 5.73. The number of hydrogen-bond donors (Lipinski definition) is 2. The van der Waals surface area contributed by atoms with Crippen LogP contribution in [0.5, 0.6) is 5.75 Å². The van der Waals surface area contributed by atoms with Gasteiger partial charge in [-0.1, -0.05) is 6.07 Å². The summed E-state index contributed by atoms with van der Waals surface area (Å²) in [5.74, 6) is 2.04. The lowest BCUT2D eigenvalue weighted by atomic mass is 9.83. The van der Waals surface area contributed by atoms with Crippen molar-refractivity contribution in [2.45, 2.75) is 44.1 Å². The molecule has 4 heteroatoms. The van der Waals surface area contributed by atoms with Crippen molar-refractivity contribution in [2.24, 2.45) is 10.7 Å². The second-order valence-corrected chi connectivity index (χ2v) is 5.80. The van der Waals surface area contributed by atoms with Crippen LogP contribution in [-0.4, -0.2) is 25.7 Å². The first kappa shape index (κ1) is 13.3. The standard InChI is InChI=1S/C16H23N3O/c1-20-14-7-8-15-11(9-14)3-2-4-12(15)10-18-16(17)19-13-5-6-13/h7-9,12-13H,2-6,10H2,1H3,(H3,17,18,19). The Morgan fingerprint density at radius 2 is 2.25 bits per heavy atom. The van der Waals surface area contributed by atoms with Crippen molar-refractivity contribution in [2.75, 3.05) is 13.7 Å². The molecule has 1 fully saturated rings.